The van der Waals surface area contributed by atoms with Crippen LogP contribution in [0.1, 0.15) is 5.56 Å². The van der Waals surface area contributed by atoms with Gasteiger partial charge in [-0.15, -0.1) is 0 Å². The third kappa shape index (κ3) is 3.01. The number of halogens is 3. The molecule has 0 saturated heterocycles. The van der Waals surface area contributed by atoms with Gasteiger partial charge in [0.1, 0.15) is 0 Å². The van der Waals surface area contributed by atoms with Gasteiger partial charge in [-0.25, -0.2) is 0 Å². The van der Waals surface area contributed by atoms with Gasteiger partial charge in [0, 0.05) is 19.5 Å². The summed E-state index contributed by atoms with van der Waals surface area (Å²) >= 11 is 12.7. The fourth-order valence-electron chi connectivity index (χ4n) is 0.849. The van der Waals surface area contributed by atoms with Crippen LogP contribution >= 0.6 is 43.5 Å². The van der Waals surface area contributed by atoms with Crippen molar-refractivity contribution in [2.24, 2.45) is 0 Å². The second-order valence-electron chi connectivity index (χ2n) is 2.32. The van der Waals surface area contributed by atoms with E-state index in [-0.39, 0.29) is 0 Å². The van der Waals surface area contributed by atoms with Crippen LogP contribution in [0.25, 0.3) is 6.08 Å². The Morgan fingerprint density at radius 1 is 1.31 bits per heavy atom. The lowest BCUT2D eigenvalue weighted by molar-refractivity contribution is 0.341. The highest BCUT2D eigenvalue weighted by Crippen LogP contribution is 2.30. The lowest BCUT2D eigenvalue weighted by Crippen LogP contribution is -1.79. The molecule has 0 heterocycles. The summed E-state index contributed by atoms with van der Waals surface area (Å²) in [5, 5.41) is 0.688. The van der Waals surface area contributed by atoms with Gasteiger partial charge in [-0.2, -0.15) is 0 Å². The van der Waals surface area contributed by atoms with Gasteiger partial charge in [0.2, 0.25) is 0 Å². The zero-order valence-corrected chi connectivity index (χ0v) is 10.8. The largest absolute Gasteiger partial charge is 0.504 e. The predicted octanol–water partition coefficient (Wildman–Crippen LogP) is 4.48. The number of rotatable bonds is 2. The third-order valence-corrected chi connectivity index (χ3v) is 2.95. The molecule has 1 nitrogen and oxygen atoms in total. The molecule has 4 heteroatoms. The van der Waals surface area contributed by atoms with Crippen LogP contribution in [-0.4, -0.2) is 7.11 Å². The highest BCUT2D eigenvalue weighted by molar-refractivity contribution is 9.11. The first-order valence-electron chi connectivity index (χ1n) is 3.49. The summed E-state index contributed by atoms with van der Waals surface area (Å²) < 4.78 is 6.69. The van der Waals surface area contributed by atoms with Crippen LogP contribution in [0.2, 0.25) is 5.02 Å². The van der Waals surface area contributed by atoms with Crippen molar-refractivity contribution in [3.8, 4) is 0 Å². The van der Waals surface area contributed by atoms with Gasteiger partial charge in [0.15, 0.2) is 0 Å². The molecule has 0 fully saturated rings. The second kappa shape index (κ2) is 5.03. The molecule has 1 rings (SSSR count). The summed E-state index contributed by atoms with van der Waals surface area (Å²) in [4.78, 5) is 0. The molecule has 1 aromatic rings. The molecule has 70 valence electrons. The molecule has 0 atom stereocenters. The van der Waals surface area contributed by atoms with E-state index in [0.717, 1.165) is 14.5 Å². The van der Waals surface area contributed by atoms with E-state index in [2.05, 4.69) is 31.9 Å². The Kier molecular flexibility index (Phi) is 4.29. The minimum Gasteiger partial charge on any atom is -0.504 e. The van der Waals surface area contributed by atoms with Gasteiger partial charge in [-0.1, -0.05) is 43.5 Å². The van der Waals surface area contributed by atoms with Gasteiger partial charge in [-0.3, -0.25) is 0 Å². The van der Waals surface area contributed by atoms with Crippen molar-refractivity contribution in [2.45, 2.75) is 0 Å². The van der Waals surface area contributed by atoms with Crippen LogP contribution < -0.4 is 0 Å². The SMILES string of the molecule is COC=Cc1c(Br)cc(Cl)cc1Br. The van der Waals surface area contributed by atoms with Gasteiger partial charge in [0.25, 0.3) is 0 Å². The smallest absolute Gasteiger partial charge is 0.0831 e. The maximum absolute atomic E-state index is 5.84. The fraction of sp³-hybridized carbons (Fsp3) is 0.111. The Balaban J connectivity index is 3.13. The number of benzene rings is 1. The first-order valence-corrected chi connectivity index (χ1v) is 5.45. The average molecular weight is 326 g/mol. The molecule has 0 aliphatic carbocycles. The summed E-state index contributed by atoms with van der Waals surface area (Å²) in [6.07, 6.45) is 3.46. The minimum atomic E-state index is 0.688. The van der Waals surface area contributed by atoms with Crippen molar-refractivity contribution in [1.29, 1.82) is 0 Å². The molecule has 1 aromatic carbocycles. The molecule has 0 saturated carbocycles. The summed E-state index contributed by atoms with van der Waals surface area (Å²) in [7, 11) is 1.61. The summed E-state index contributed by atoms with van der Waals surface area (Å²) in [6, 6.07) is 3.67. The van der Waals surface area contributed by atoms with Gasteiger partial charge in [-0.05, 0) is 18.2 Å². The van der Waals surface area contributed by atoms with Crippen LogP contribution in [0, 0.1) is 0 Å². The molecule has 0 unspecified atom stereocenters. The molecule has 0 amide bonds. The summed E-state index contributed by atoms with van der Waals surface area (Å²) in [5.74, 6) is 0. The summed E-state index contributed by atoms with van der Waals surface area (Å²) in [6.45, 7) is 0. The van der Waals surface area contributed by atoms with Crippen molar-refractivity contribution in [2.75, 3.05) is 7.11 Å². The minimum absolute atomic E-state index is 0.688. The summed E-state index contributed by atoms with van der Waals surface area (Å²) in [5.41, 5.74) is 1.01. The predicted molar refractivity (Wildman–Crippen MR) is 62.9 cm³/mol. The van der Waals surface area contributed by atoms with Crippen molar-refractivity contribution < 1.29 is 4.74 Å². The first-order chi connectivity index (χ1) is 6.15. The molecular weight excluding hydrogens is 319 g/mol. The van der Waals surface area contributed by atoms with E-state index < -0.39 is 0 Å². The Bertz CT molecular complexity index is 313. The number of ether oxygens (including phenoxy) is 1. The highest BCUT2D eigenvalue weighted by Gasteiger charge is 2.03. The Labute approximate surface area is 99.0 Å². The fourth-order valence-corrected chi connectivity index (χ4v) is 2.78. The van der Waals surface area contributed by atoms with Gasteiger partial charge < -0.3 is 4.74 Å². The Hall–Kier alpha value is 0.01000. The zero-order chi connectivity index (χ0) is 9.84. The van der Waals surface area contributed by atoms with Crippen LogP contribution in [0.15, 0.2) is 27.3 Å². The normalized spacial score (nSPS) is 10.8. The number of hydrogen-bond donors (Lipinski definition) is 0. The monoisotopic (exact) mass is 324 g/mol. The van der Waals surface area contributed by atoms with E-state index in [0.29, 0.717) is 5.02 Å². The Morgan fingerprint density at radius 2 is 1.85 bits per heavy atom. The van der Waals surface area contributed by atoms with Gasteiger partial charge in [0.05, 0.1) is 13.4 Å². The van der Waals surface area contributed by atoms with Gasteiger partial charge >= 0.3 is 0 Å². The van der Waals surface area contributed by atoms with E-state index in [1.54, 1.807) is 13.4 Å². The molecule has 13 heavy (non-hydrogen) atoms. The molecular formula is C9H7Br2ClO. The number of methoxy groups -OCH3 is 1. The lowest BCUT2D eigenvalue weighted by atomic mass is 10.2. The average Bonchev–Trinajstić information content (AvgIpc) is 2.02. The van der Waals surface area contributed by atoms with E-state index in [9.17, 15) is 0 Å². The van der Waals surface area contributed by atoms with Crippen molar-refractivity contribution in [1.82, 2.24) is 0 Å². The molecule has 0 radical (unpaired) electrons. The van der Waals surface area contributed by atoms with E-state index >= 15 is 0 Å². The van der Waals surface area contributed by atoms with Crippen LogP contribution in [0.4, 0.5) is 0 Å². The molecule has 0 aromatic heterocycles. The third-order valence-electron chi connectivity index (χ3n) is 1.41. The maximum Gasteiger partial charge on any atom is 0.0831 e. The van der Waals surface area contributed by atoms with E-state index in [4.69, 9.17) is 16.3 Å². The number of hydrogen-bond acceptors (Lipinski definition) is 1. The van der Waals surface area contributed by atoms with E-state index in [1.165, 1.54) is 0 Å². The van der Waals surface area contributed by atoms with Crippen LogP contribution in [0.5, 0.6) is 0 Å². The Morgan fingerprint density at radius 3 is 2.31 bits per heavy atom. The first kappa shape index (κ1) is 11.1. The standard InChI is InChI=1S/C9H7Br2ClO/c1-13-3-2-7-8(10)4-6(12)5-9(7)11/h2-5H,1H3. The quantitative estimate of drug-likeness (QED) is 0.728. The zero-order valence-electron chi connectivity index (χ0n) is 6.85. The lowest BCUT2D eigenvalue weighted by Gasteiger charge is -2.02. The topological polar surface area (TPSA) is 9.23 Å². The van der Waals surface area contributed by atoms with Crippen molar-refractivity contribution in [3.63, 3.8) is 0 Å². The molecule has 0 aliphatic heterocycles. The highest BCUT2D eigenvalue weighted by atomic mass is 79.9. The maximum atomic E-state index is 5.84. The van der Waals surface area contributed by atoms with E-state index in [1.807, 2.05) is 18.2 Å². The van der Waals surface area contributed by atoms with Crippen molar-refractivity contribution in [3.05, 3.63) is 37.9 Å². The van der Waals surface area contributed by atoms with Crippen LogP contribution in [0.3, 0.4) is 0 Å². The van der Waals surface area contributed by atoms with Crippen LogP contribution in [-0.2, 0) is 4.74 Å². The molecule has 0 aliphatic rings. The van der Waals surface area contributed by atoms with Crippen molar-refractivity contribution >= 4 is 49.5 Å². The molecule has 0 spiro atoms. The second-order valence-corrected chi connectivity index (χ2v) is 4.47. The molecule has 0 bridgehead atoms. The molecule has 0 N–H and O–H groups in total.